The average molecular weight is 317 g/mol. The largest absolute Gasteiger partial charge is 0.462 e. The van der Waals surface area contributed by atoms with Crippen LogP contribution in [0.5, 0.6) is 0 Å². The SMILES string of the molecule is NC1=N[C@@](c2ccccc2)(c2ccc(Br)cc2)CO1. The van der Waals surface area contributed by atoms with Crippen LogP contribution >= 0.6 is 15.9 Å². The Bertz CT molecular complexity index is 610. The highest BCUT2D eigenvalue weighted by Gasteiger charge is 2.39. The summed E-state index contributed by atoms with van der Waals surface area (Å²) in [6, 6.07) is 18.4. The molecule has 0 radical (unpaired) electrons. The van der Waals surface area contributed by atoms with Crippen molar-refractivity contribution in [2.24, 2.45) is 10.7 Å². The first kappa shape index (κ1) is 12.2. The molecule has 2 N–H and O–H groups in total. The summed E-state index contributed by atoms with van der Waals surface area (Å²) in [6.45, 7) is 0.435. The molecule has 0 spiro atoms. The third kappa shape index (κ3) is 2.12. The Morgan fingerprint density at radius 3 is 2.21 bits per heavy atom. The molecule has 0 aliphatic carbocycles. The number of ether oxygens (including phenoxy) is 1. The minimum absolute atomic E-state index is 0.242. The molecule has 2 aromatic carbocycles. The van der Waals surface area contributed by atoms with Gasteiger partial charge in [-0.15, -0.1) is 0 Å². The summed E-state index contributed by atoms with van der Waals surface area (Å²) < 4.78 is 6.46. The van der Waals surface area contributed by atoms with E-state index in [1.807, 2.05) is 54.6 Å². The fourth-order valence-corrected chi connectivity index (χ4v) is 2.60. The van der Waals surface area contributed by atoms with Gasteiger partial charge < -0.3 is 10.5 Å². The molecule has 3 rings (SSSR count). The maximum Gasteiger partial charge on any atom is 0.283 e. The monoisotopic (exact) mass is 316 g/mol. The van der Waals surface area contributed by atoms with Crippen molar-refractivity contribution in [2.75, 3.05) is 6.61 Å². The van der Waals surface area contributed by atoms with Crippen LogP contribution in [0.2, 0.25) is 0 Å². The van der Waals surface area contributed by atoms with Gasteiger partial charge in [-0.25, -0.2) is 4.99 Å². The van der Waals surface area contributed by atoms with E-state index in [-0.39, 0.29) is 6.02 Å². The van der Waals surface area contributed by atoms with Gasteiger partial charge in [0, 0.05) is 4.47 Å². The highest BCUT2D eigenvalue weighted by atomic mass is 79.9. The van der Waals surface area contributed by atoms with Crippen LogP contribution in [0.25, 0.3) is 0 Å². The number of nitrogens with zero attached hydrogens (tertiary/aromatic N) is 1. The van der Waals surface area contributed by atoms with Crippen LogP contribution in [0, 0.1) is 0 Å². The van der Waals surface area contributed by atoms with Crippen LogP contribution in [-0.2, 0) is 10.3 Å². The lowest BCUT2D eigenvalue weighted by molar-refractivity contribution is 0.278. The summed E-state index contributed by atoms with van der Waals surface area (Å²) in [5.74, 6) is 0. The molecule has 1 aliphatic rings. The Hall–Kier alpha value is -1.81. The molecule has 2 aromatic rings. The lowest BCUT2D eigenvalue weighted by Gasteiger charge is -2.25. The second kappa shape index (κ2) is 4.70. The molecule has 96 valence electrons. The van der Waals surface area contributed by atoms with Gasteiger partial charge in [-0.1, -0.05) is 58.4 Å². The molecule has 19 heavy (non-hydrogen) atoms. The summed E-state index contributed by atoms with van der Waals surface area (Å²) in [6.07, 6.45) is 0. The van der Waals surface area contributed by atoms with Gasteiger partial charge in [-0.3, -0.25) is 0 Å². The summed E-state index contributed by atoms with van der Waals surface area (Å²) in [7, 11) is 0. The zero-order chi connectivity index (χ0) is 13.3. The number of benzene rings is 2. The molecule has 3 nitrogen and oxygen atoms in total. The summed E-state index contributed by atoms with van der Waals surface area (Å²) in [4.78, 5) is 4.55. The highest BCUT2D eigenvalue weighted by molar-refractivity contribution is 9.10. The van der Waals surface area contributed by atoms with Crippen LogP contribution in [0.3, 0.4) is 0 Å². The maximum absolute atomic E-state index is 5.73. The van der Waals surface area contributed by atoms with E-state index >= 15 is 0 Å². The van der Waals surface area contributed by atoms with Gasteiger partial charge in [0.15, 0.2) is 5.54 Å². The van der Waals surface area contributed by atoms with Crippen molar-refractivity contribution in [1.29, 1.82) is 0 Å². The molecule has 1 atom stereocenters. The summed E-state index contributed by atoms with van der Waals surface area (Å²) in [5, 5.41) is 0. The van der Waals surface area contributed by atoms with E-state index in [1.54, 1.807) is 0 Å². The number of hydrogen-bond donors (Lipinski definition) is 1. The standard InChI is InChI=1S/C15H13BrN2O/c16-13-8-6-12(7-9-13)15(10-19-14(17)18-15)11-4-2-1-3-5-11/h1-9H,10H2,(H2,17,18)/t15-/m0/s1. The topological polar surface area (TPSA) is 47.6 Å². The minimum Gasteiger partial charge on any atom is -0.462 e. The highest BCUT2D eigenvalue weighted by Crippen LogP contribution is 2.37. The van der Waals surface area contributed by atoms with E-state index in [1.165, 1.54) is 0 Å². The van der Waals surface area contributed by atoms with Crippen molar-refractivity contribution in [1.82, 2.24) is 0 Å². The fraction of sp³-hybridized carbons (Fsp3) is 0.133. The molecule has 0 unspecified atom stereocenters. The van der Waals surface area contributed by atoms with Crippen LogP contribution in [0.1, 0.15) is 11.1 Å². The van der Waals surface area contributed by atoms with Gasteiger partial charge in [0.25, 0.3) is 6.02 Å². The molecule has 0 bridgehead atoms. The second-order valence-corrected chi connectivity index (χ2v) is 5.39. The van der Waals surface area contributed by atoms with Crippen LogP contribution in [-0.4, -0.2) is 12.6 Å². The summed E-state index contributed by atoms with van der Waals surface area (Å²) in [5.41, 5.74) is 7.35. The van der Waals surface area contributed by atoms with Gasteiger partial charge in [-0.2, -0.15) is 0 Å². The minimum atomic E-state index is -0.536. The molecular weight excluding hydrogens is 304 g/mol. The zero-order valence-electron chi connectivity index (χ0n) is 10.2. The lowest BCUT2D eigenvalue weighted by Crippen LogP contribution is -2.26. The maximum atomic E-state index is 5.73. The van der Waals surface area contributed by atoms with E-state index in [0.29, 0.717) is 6.61 Å². The number of halogens is 1. The van der Waals surface area contributed by atoms with E-state index in [2.05, 4.69) is 20.9 Å². The van der Waals surface area contributed by atoms with Crippen molar-refractivity contribution < 1.29 is 4.74 Å². The predicted molar refractivity (Wildman–Crippen MR) is 78.9 cm³/mol. The number of rotatable bonds is 2. The quantitative estimate of drug-likeness (QED) is 0.925. The molecule has 0 aromatic heterocycles. The Morgan fingerprint density at radius 1 is 1.00 bits per heavy atom. The predicted octanol–water partition coefficient (Wildman–Crippen LogP) is 3.04. The number of hydrogen-bond acceptors (Lipinski definition) is 3. The van der Waals surface area contributed by atoms with Gasteiger partial charge in [-0.05, 0) is 23.3 Å². The third-order valence-corrected chi connectivity index (χ3v) is 3.83. The number of amidine groups is 1. The summed E-state index contributed by atoms with van der Waals surface area (Å²) >= 11 is 3.45. The van der Waals surface area contributed by atoms with Gasteiger partial charge >= 0.3 is 0 Å². The van der Waals surface area contributed by atoms with E-state index in [9.17, 15) is 0 Å². The molecular formula is C15H13BrN2O. The molecule has 0 amide bonds. The van der Waals surface area contributed by atoms with Crippen molar-refractivity contribution >= 4 is 22.0 Å². The number of aliphatic imine (C=N–C) groups is 1. The molecule has 0 saturated carbocycles. The zero-order valence-corrected chi connectivity index (χ0v) is 11.8. The molecule has 0 fully saturated rings. The number of nitrogens with two attached hydrogens (primary N) is 1. The van der Waals surface area contributed by atoms with Gasteiger partial charge in [0.1, 0.15) is 6.61 Å². The van der Waals surface area contributed by atoms with Gasteiger partial charge in [0.05, 0.1) is 0 Å². The lowest BCUT2D eigenvalue weighted by atomic mass is 9.84. The Morgan fingerprint density at radius 2 is 1.63 bits per heavy atom. The third-order valence-electron chi connectivity index (χ3n) is 3.30. The van der Waals surface area contributed by atoms with Crippen LogP contribution < -0.4 is 5.73 Å². The normalized spacial score (nSPS) is 21.8. The van der Waals surface area contributed by atoms with E-state index < -0.39 is 5.54 Å². The first-order valence-corrected chi connectivity index (χ1v) is 6.80. The molecule has 4 heteroatoms. The first-order chi connectivity index (χ1) is 9.21. The fourth-order valence-electron chi connectivity index (χ4n) is 2.33. The second-order valence-electron chi connectivity index (χ2n) is 4.47. The van der Waals surface area contributed by atoms with Crippen molar-refractivity contribution in [3.05, 3.63) is 70.2 Å². The van der Waals surface area contributed by atoms with Crippen LogP contribution in [0.4, 0.5) is 0 Å². The van der Waals surface area contributed by atoms with Crippen molar-refractivity contribution in [3.8, 4) is 0 Å². The van der Waals surface area contributed by atoms with Crippen molar-refractivity contribution in [3.63, 3.8) is 0 Å². The average Bonchev–Trinajstić information content (AvgIpc) is 2.84. The van der Waals surface area contributed by atoms with Gasteiger partial charge in [0.2, 0.25) is 0 Å². The van der Waals surface area contributed by atoms with E-state index in [0.717, 1.165) is 15.6 Å². The molecule has 0 saturated heterocycles. The smallest absolute Gasteiger partial charge is 0.283 e. The van der Waals surface area contributed by atoms with Crippen LogP contribution in [0.15, 0.2) is 64.1 Å². The Labute approximate surface area is 120 Å². The first-order valence-electron chi connectivity index (χ1n) is 6.00. The van der Waals surface area contributed by atoms with E-state index in [4.69, 9.17) is 10.5 Å². The Balaban J connectivity index is 2.16. The molecule has 1 aliphatic heterocycles. The molecule has 1 heterocycles. The van der Waals surface area contributed by atoms with Crippen molar-refractivity contribution in [2.45, 2.75) is 5.54 Å². The Kier molecular flexibility index (Phi) is 3.03.